The van der Waals surface area contributed by atoms with Crippen molar-refractivity contribution in [1.82, 2.24) is 14.9 Å². The third kappa shape index (κ3) is 4.65. The molecule has 6 nitrogen and oxygen atoms in total. The fraction of sp³-hybridized carbons (Fsp3) is 0.750. The first kappa shape index (κ1) is 17.6. The van der Waals surface area contributed by atoms with E-state index in [1.165, 1.54) is 44.9 Å². The van der Waals surface area contributed by atoms with E-state index in [2.05, 4.69) is 31.2 Å². The van der Waals surface area contributed by atoms with Crippen LogP contribution in [0.3, 0.4) is 0 Å². The number of nitrogens with zero attached hydrogens (tertiary/aromatic N) is 4. The number of anilines is 2. The first-order valence-corrected chi connectivity index (χ1v) is 10.4. The molecule has 1 atom stereocenters. The van der Waals surface area contributed by atoms with Crippen LogP contribution in [0.25, 0.3) is 0 Å². The summed E-state index contributed by atoms with van der Waals surface area (Å²) in [6.45, 7) is 3.99. The lowest BCUT2D eigenvalue weighted by molar-refractivity contribution is -0.132. The Hall–Kier alpha value is -1.85. The maximum atomic E-state index is 12.4. The summed E-state index contributed by atoms with van der Waals surface area (Å²) in [4.78, 5) is 25.7. The second-order valence-corrected chi connectivity index (χ2v) is 8.11. The second kappa shape index (κ2) is 8.23. The van der Waals surface area contributed by atoms with Gasteiger partial charge in [0.25, 0.3) is 0 Å². The summed E-state index contributed by atoms with van der Waals surface area (Å²) >= 11 is 0. The molecular weight excluding hydrogens is 326 g/mol. The van der Waals surface area contributed by atoms with Crippen molar-refractivity contribution in [2.24, 2.45) is 5.92 Å². The number of carbonyl (C=O) groups excluding carboxylic acids is 1. The zero-order valence-electron chi connectivity index (χ0n) is 15.7. The van der Waals surface area contributed by atoms with Gasteiger partial charge in [0.1, 0.15) is 18.0 Å². The van der Waals surface area contributed by atoms with Gasteiger partial charge in [0.15, 0.2) is 0 Å². The first-order valence-electron chi connectivity index (χ1n) is 10.4. The molecule has 2 aliphatic heterocycles. The Morgan fingerprint density at radius 2 is 1.92 bits per heavy atom. The van der Waals surface area contributed by atoms with Gasteiger partial charge in [-0.15, -0.1) is 0 Å². The Kier molecular flexibility index (Phi) is 5.56. The summed E-state index contributed by atoms with van der Waals surface area (Å²) in [6.07, 6.45) is 11.9. The predicted molar refractivity (Wildman–Crippen MR) is 103 cm³/mol. The third-order valence-electron chi connectivity index (χ3n) is 5.90. The number of hydrogen-bond acceptors (Lipinski definition) is 5. The average molecular weight is 358 g/mol. The van der Waals surface area contributed by atoms with E-state index in [1.807, 2.05) is 0 Å². The number of hydrogen-bond donors (Lipinski definition) is 1. The number of amides is 1. The van der Waals surface area contributed by atoms with Gasteiger partial charge in [-0.25, -0.2) is 9.97 Å². The van der Waals surface area contributed by atoms with E-state index in [9.17, 15) is 4.79 Å². The fourth-order valence-electron chi connectivity index (χ4n) is 4.17. The largest absolute Gasteiger partial charge is 0.367 e. The molecule has 0 aromatic carbocycles. The Bertz CT molecular complexity index is 612. The molecule has 1 N–H and O–H groups in total. The third-order valence-corrected chi connectivity index (χ3v) is 5.90. The summed E-state index contributed by atoms with van der Waals surface area (Å²) in [7, 11) is 0. The Labute approximate surface area is 156 Å². The van der Waals surface area contributed by atoms with Gasteiger partial charge in [0.05, 0.1) is 0 Å². The van der Waals surface area contributed by atoms with Crippen LogP contribution in [0.1, 0.15) is 57.8 Å². The molecule has 1 aromatic heterocycles. The van der Waals surface area contributed by atoms with Crippen LogP contribution in [0, 0.1) is 5.92 Å². The number of piperidine rings is 2. The molecule has 3 fully saturated rings. The van der Waals surface area contributed by atoms with Gasteiger partial charge in [-0.3, -0.25) is 4.79 Å². The lowest BCUT2D eigenvalue weighted by Gasteiger charge is -2.34. The van der Waals surface area contributed by atoms with Crippen LogP contribution in [0.5, 0.6) is 0 Å². The van der Waals surface area contributed by atoms with Crippen LogP contribution in [-0.2, 0) is 4.79 Å². The smallest absolute Gasteiger partial charge is 0.222 e. The molecule has 1 aromatic rings. The molecule has 0 unspecified atom stereocenters. The van der Waals surface area contributed by atoms with Crippen molar-refractivity contribution in [2.75, 3.05) is 36.4 Å². The molecular formula is C20H31N5O. The van der Waals surface area contributed by atoms with Gasteiger partial charge in [0, 0.05) is 44.7 Å². The molecule has 0 spiro atoms. The summed E-state index contributed by atoms with van der Waals surface area (Å²) in [6, 6.07) is 2.69. The molecule has 2 saturated heterocycles. The number of rotatable bonds is 6. The summed E-state index contributed by atoms with van der Waals surface area (Å²) < 4.78 is 0. The van der Waals surface area contributed by atoms with E-state index in [-0.39, 0.29) is 0 Å². The minimum absolute atomic E-state index is 0.361. The van der Waals surface area contributed by atoms with Gasteiger partial charge in [-0.1, -0.05) is 0 Å². The van der Waals surface area contributed by atoms with Crippen molar-refractivity contribution in [3.63, 3.8) is 0 Å². The summed E-state index contributed by atoms with van der Waals surface area (Å²) in [5, 5.41) is 3.46. The normalized spacial score (nSPS) is 23.8. The van der Waals surface area contributed by atoms with Gasteiger partial charge >= 0.3 is 0 Å². The molecule has 1 amide bonds. The standard InChI is InChI=1S/C20H31N5O/c26-20(24-10-2-1-3-11-24)9-6-16-5-4-12-25(14-16)19-13-18(21-15-22-19)23-17-7-8-17/h13,15-17H,1-12,14H2,(H,21,22,23)/t16-/m1/s1. The van der Waals surface area contributed by atoms with E-state index >= 15 is 0 Å². The molecule has 6 heteroatoms. The monoisotopic (exact) mass is 357 g/mol. The van der Waals surface area contributed by atoms with Crippen molar-refractivity contribution in [3.05, 3.63) is 12.4 Å². The SMILES string of the molecule is O=C(CC[C@H]1CCCN(c2cc(NC3CC3)ncn2)C1)N1CCCCC1. The van der Waals surface area contributed by atoms with Crippen molar-refractivity contribution in [1.29, 1.82) is 0 Å². The topological polar surface area (TPSA) is 61.4 Å². The molecule has 26 heavy (non-hydrogen) atoms. The molecule has 142 valence electrons. The highest BCUT2D eigenvalue weighted by Gasteiger charge is 2.25. The number of likely N-dealkylation sites (tertiary alicyclic amines) is 1. The molecule has 1 saturated carbocycles. The van der Waals surface area contributed by atoms with E-state index in [0.29, 0.717) is 24.3 Å². The number of aromatic nitrogens is 2. The highest BCUT2D eigenvalue weighted by molar-refractivity contribution is 5.76. The highest BCUT2D eigenvalue weighted by atomic mass is 16.2. The lowest BCUT2D eigenvalue weighted by Crippen LogP contribution is -2.38. The Morgan fingerprint density at radius 3 is 2.73 bits per heavy atom. The minimum Gasteiger partial charge on any atom is -0.367 e. The van der Waals surface area contributed by atoms with E-state index in [4.69, 9.17) is 0 Å². The average Bonchev–Trinajstić information content (AvgIpc) is 3.51. The van der Waals surface area contributed by atoms with Crippen LogP contribution in [0.15, 0.2) is 12.4 Å². The Balaban J connectivity index is 1.28. The minimum atomic E-state index is 0.361. The van der Waals surface area contributed by atoms with E-state index in [0.717, 1.165) is 44.2 Å². The fourth-order valence-corrected chi connectivity index (χ4v) is 4.17. The second-order valence-electron chi connectivity index (χ2n) is 8.11. The van der Waals surface area contributed by atoms with E-state index < -0.39 is 0 Å². The molecule has 0 radical (unpaired) electrons. The Morgan fingerprint density at radius 1 is 1.08 bits per heavy atom. The zero-order chi connectivity index (χ0) is 17.8. The molecule has 1 aliphatic carbocycles. The molecule has 4 rings (SSSR count). The van der Waals surface area contributed by atoms with Crippen LogP contribution < -0.4 is 10.2 Å². The van der Waals surface area contributed by atoms with Gasteiger partial charge in [-0.05, 0) is 57.3 Å². The van der Waals surface area contributed by atoms with Gasteiger partial charge in [0.2, 0.25) is 5.91 Å². The predicted octanol–water partition coefficient (Wildman–Crippen LogP) is 3.06. The summed E-state index contributed by atoms with van der Waals surface area (Å²) in [5.74, 6) is 2.92. The molecule has 3 aliphatic rings. The number of carbonyl (C=O) groups is 1. The van der Waals surface area contributed by atoms with Crippen LogP contribution in [-0.4, -0.2) is 53.0 Å². The quantitative estimate of drug-likeness (QED) is 0.848. The van der Waals surface area contributed by atoms with Crippen molar-refractivity contribution in [2.45, 2.75) is 63.8 Å². The van der Waals surface area contributed by atoms with E-state index in [1.54, 1.807) is 6.33 Å². The zero-order valence-corrected chi connectivity index (χ0v) is 15.7. The highest BCUT2D eigenvalue weighted by Crippen LogP contribution is 2.28. The maximum Gasteiger partial charge on any atom is 0.222 e. The van der Waals surface area contributed by atoms with Crippen LogP contribution in [0.4, 0.5) is 11.6 Å². The molecule has 0 bridgehead atoms. The van der Waals surface area contributed by atoms with Gasteiger partial charge < -0.3 is 15.1 Å². The van der Waals surface area contributed by atoms with Crippen molar-refractivity contribution < 1.29 is 4.79 Å². The maximum absolute atomic E-state index is 12.4. The first-order chi connectivity index (χ1) is 12.8. The van der Waals surface area contributed by atoms with Gasteiger partial charge in [-0.2, -0.15) is 0 Å². The van der Waals surface area contributed by atoms with Crippen LogP contribution >= 0.6 is 0 Å². The summed E-state index contributed by atoms with van der Waals surface area (Å²) in [5.41, 5.74) is 0. The molecule has 3 heterocycles. The van der Waals surface area contributed by atoms with Crippen LogP contribution in [0.2, 0.25) is 0 Å². The lowest BCUT2D eigenvalue weighted by atomic mass is 9.93. The number of nitrogens with one attached hydrogen (secondary N) is 1. The van der Waals surface area contributed by atoms with Crippen molar-refractivity contribution >= 4 is 17.5 Å². The van der Waals surface area contributed by atoms with Crippen molar-refractivity contribution in [3.8, 4) is 0 Å².